The van der Waals surface area contributed by atoms with Crippen LogP contribution in [0.25, 0.3) is 11.1 Å². The van der Waals surface area contributed by atoms with Gasteiger partial charge in [0.25, 0.3) is 0 Å². The van der Waals surface area contributed by atoms with Crippen LogP contribution in [0.3, 0.4) is 0 Å². The van der Waals surface area contributed by atoms with Gasteiger partial charge in [0, 0.05) is 25.4 Å². The number of anilines is 1. The highest BCUT2D eigenvalue weighted by molar-refractivity contribution is 5.87. The lowest BCUT2D eigenvalue weighted by Gasteiger charge is -2.21. The minimum Gasteiger partial charge on any atom is -0.478 e. The number of carbonyl (C=O) groups is 1. The molecule has 0 unspecified atom stereocenters. The summed E-state index contributed by atoms with van der Waals surface area (Å²) in [7, 11) is 1.96. The number of rotatable bonds is 5. The van der Waals surface area contributed by atoms with Crippen molar-refractivity contribution in [3.05, 3.63) is 78.2 Å². The molecule has 1 heterocycles. The van der Waals surface area contributed by atoms with Crippen LogP contribution in [0.5, 0.6) is 0 Å². The van der Waals surface area contributed by atoms with Crippen LogP contribution in [0.2, 0.25) is 0 Å². The first-order chi connectivity index (χ1) is 11.6. The summed E-state index contributed by atoms with van der Waals surface area (Å²) in [6, 6.07) is 16.9. The van der Waals surface area contributed by atoms with E-state index in [0.717, 1.165) is 22.5 Å². The summed E-state index contributed by atoms with van der Waals surface area (Å²) in [5.41, 5.74) is 3.32. The van der Waals surface area contributed by atoms with Gasteiger partial charge in [0.2, 0.25) is 0 Å². The number of hydrogen-bond acceptors (Lipinski definition) is 4. The number of carboxylic acid groups (broad SMARTS) is 1. The highest BCUT2D eigenvalue weighted by atomic mass is 16.4. The largest absolute Gasteiger partial charge is 0.478 e. The maximum absolute atomic E-state index is 10.9. The summed E-state index contributed by atoms with van der Waals surface area (Å²) < 4.78 is 0. The summed E-state index contributed by atoms with van der Waals surface area (Å²) in [6.45, 7) is 0.622. The van der Waals surface area contributed by atoms with Crippen molar-refractivity contribution in [3.63, 3.8) is 0 Å². The molecule has 5 heteroatoms. The fraction of sp³-hybridized carbons (Fsp3) is 0.105. The van der Waals surface area contributed by atoms with Crippen molar-refractivity contribution in [2.75, 3.05) is 11.9 Å². The van der Waals surface area contributed by atoms with Gasteiger partial charge in [-0.25, -0.2) is 14.8 Å². The molecule has 0 radical (unpaired) electrons. The molecule has 1 aromatic heterocycles. The molecule has 1 N–H and O–H groups in total. The van der Waals surface area contributed by atoms with Gasteiger partial charge in [-0.2, -0.15) is 0 Å². The third-order valence-corrected chi connectivity index (χ3v) is 3.76. The molecule has 0 aliphatic rings. The molecule has 120 valence electrons. The topological polar surface area (TPSA) is 66.3 Å². The van der Waals surface area contributed by atoms with E-state index in [2.05, 4.69) is 9.97 Å². The standard InChI is InChI=1S/C19H17N3O2/c1-22(12-14-7-9-16(10-8-14)19(23)24)18-17(11-20-13-21-18)15-5-3-2-4-6-15/h2-11,13H,12H2,1H3,(H,23,24). The molecule has 0 bridgehead atoms. The van der Waals surface area contributed by atoms with E-state index in [4.69, 9.17) is 5.11 Å². The van der Waals surface area contributed by atoms with Crippen LogP contribution >= 0.6 is 0 Å². The Balaban J connectivity index is 1.85. The first-order valence-electron chi connectivity index (χ1n) is 7.54. The van der Waals surface area contributed by atoms with E-state index in [1.54, 1.807) is 12.1 Å². The summed E-state index contributed by atoms with van der Waals surface area (Å²) in [6.07, 6.45) is 3.34. The molecule has 3 rings (SSSR count). The molecular formula is C19H17N3O2. The maximum atomic E-state index is 10.9. The molecule has 24 heavy (non-hydrogen) atoms. The number of aromatic nitrogens is 2. The second kappa shape index (κ2) is 6.91. The number of aromatic carboxylic acids is 1. The van der Waals surface area contributed by atoms with Gasteiger partial charge >= 0.3 is 5.97 Å². The average molecular weight is 319 g/mol. The smallest absolute Gasteiger partial charge is 0.335 e. The molecule has 0 atom stereocenters. The number of nitrogens with zero attached hydrogens (tertiary/aromatic N) is 3. The molecule has 0 aliphatic heterocycles. The first kappa shape index (κ1) is 15.7. The molecule has 0 saturated heterocycles. The molecule has 2 aromatic carbocycles. The van der Waals surface area contributed by atoms with E-state index < -0.39 is 5.97 Å². The number of hydrogen-bond donors (Lipinski definition) is 1. The second-order valence-corrected chi connectivity index (χ2v) is 5.48. The molecule has 0 aliphatic carbocycles. The molecule has 3 aromatic rings. The van der Waals surface area contributed by atoms with E-state index in [1.165, 1.54) is 6.33 Å². The van der Waals surface area contributed by atoms with Crippen LogP contribution in [-0.4, -0.2) is 28.1 Å². The van der Waals surface area contributed by atoms with Crippen molar-refractivity contribution in [2.45, 2.75) is 6.54 Å². The summed E-state index contributed by atoms with van der Waals surface area (Å²) >= 11 is 0. The van der Waals surface area contributed by atoms with Gasteiger partial charge in [-0.1, -0.05) is 42.5 Å². The van der Waals surface area contributed by atoms with Gasteiger partial charge in [0.15, 0.2) is 0 Å². The first-order valence-corrected chi connectivity index (χ1v) is 7.54. The Hall–Kier alpha value is -3.21. The van der Waals surface area contributed by atoms with Crippen molar-refractivity contribution in [1.82, 2.24) is 9.97 Å². The summed E-state index contributed by atoms with van der Waals surface area (Å²) in [5.74, 6) is -0.0874. The molecule has 0 fully saturated rings. The Morgan fingerprint density at radius 3 is 2.46 bits per heavy atom. The zero-order valence-corrected chi connectivity index (χ0v) is 13.3. The quantitative estimate of drug-likeness (QED) is 0.780. The van der Waals surface area contributed by atoms with Crippen LogP contribution < -0.4 is 4.90 Å². The number of carboxylic acids is 1. The molecular weight excluding hydrogens is 302 g/mol. The zero-order valence-electron chi connectivity index (χ0n) is 13.3. The Morgan fingerprint density at radius 2 is 1.79 bits per heavy atom. The van der Waals surface area contributed by atoms with Gasteiger partial charge in [-0.05, 0) is 23.3 Å². The van der Waals surface area contributed by atoms with Crippen LogP contribution in [0.15, 0.2) is 67.1 Å². The van der Waals surface area contributed by atoms with Crippen molar-refractivity contribution in [3.8, 4) is 11.1 Å². The van der Waals surface area contributed by atoms with Crippen molar-refractivity contribution in [1.29, 1.82) is 0 Å². The molecule has 5 nitrogen and oxygen atoms in total. The van der Waals surface area contributed by atoms with E-state index in [1.807, 2.05) is 60.6 Å². The minimum atomic E-state index is -0.919. The van der Waals surface area contributed by atoms with E-state index in [9.17, 15) is 4.79 Å². The third-order valence-electron chi connectivity index (χ3n) is 3.76. The fourth-order valence-corrected chi connectivity index (χ4v) is 2.55. The maximum Gasteiger partial charge on any atom is 0.335 e. The average Bonchev–Trinajstić information content (AvgIpc) is 2.63. The Kier molecular flexibility index (Phi) is 4.52. The highest BCUT2D eigenvalue weighted by Crippen LogP contribution is 2.27. The highest BCUT2D eigenvalue weighted by Gasteiger charge is 2.12. The Bertz CT molecular complexity index is 833. The van der Waals surface area contributed by atoms with Gasteiger partial charge in [0.05, 0.1) is 5.56 Å². The minimum absolute atomic E-state index is 0.286. The lowest BCUT2D eigenvalue weighted by molar-refractivity contribution is 0.0697. The second-order valence-electron chi connectivity index (χ2n) is 5.48. The van der Waals surface area contributed by atoms with Crippen LogP contribution in [-0.2, 0) is 6.54 Å². The normalized spacial score (nSPS) is 10.4. The lowest BCUT2D eigenvalue weighted by Crippen LogP contribution is -2.18. The molecule has 0 amide bonds. The third kappa shape index (κ3) is 3.41. The fourth-order valence-electron chi connectivity index (χ4n) is 2.55. The van der Waals surface area contributed by atoms with Gasteiger partial charge < -0.3 is 10.0 Å². The Labute approximate surface area is 140 Å². The molecule has 0 spiro atoms. The zero-order chi connectivity index (χ0) is 16.9. The van der Waals surface area contributed by atoms with E-state index >= 15 is 0 Å². The summed E-state index contributed by atoms with van der Waals surface area (Å²) in [5, 5.41) is 8.97. The van der Waals surface area contributed by atoms with Crippen molar-refractivity contribution < 1.29 is 9.90 Å². The van der Waals surface area contributed by atoms with Crippen LogP contribution in [0, 0.1) is 0 Å². The monoisotopic (exact) mass is 319 g/mol. The Morgan fingerprint density at radius 1 is 1.08 bits per heavy atom. The predicted octanol–water partition coefficient (Wildman–Crippen LogP) is 3.48. The van der Waals surface area contributed by atoms with Crippen LogP contribution in [0.1, 0.15) is 15.9 Å². The van der Waals surface area contributed by atoms with Gasteiger partial charge in [-0.3, -0.25) is 0 Å². The lowest BCUT2D eigenvalue weighted by atomic mass is 10.1. The number of benzene rings is 2. The van der Waals surface area contributed by atoms with Crippen molar-refractivity contribution in [2.24, 2.45) is 0 Å². The van der Waals surface area contributed by atoms with Gasteiger partial charge in [0.1, 0.15) is 12.1 Å². The van der Waals surface area contributed by atoms with E-state index in [0.29, 0.717) is 6.54 Å². The van der Waals surface area contributed by atoms with Gasteiger partial charge in [-0.15, -0.1) is 0 Å². The van der Waals surface area contributed by atoms with Crippen molar-refractivity contribution >= 4 is 11.8 Å². The molecule has 0 saturated carbocycles. The predicted molar refractivity (Wildman–Crippen MR) is 93.0 cm³/mol. The van der Waals surface area contributed by atoms with Crippen LogP contribution in [0.4, 0.5) is 5.82 Å². The van der Waals surface area contributed by atoms with E-state index in [-0.39, 0.29) is 5.56 Å². The summed E-state index contributed by atoms with van der Waals surface area (Å²) in [4.78, 5) is 21.5. The SMILES string of the molecule is CN(Cc1ccc(C(=O)O)cc1)c1ncncc1-c1ccccc1.